The molecule has 0 rings (SSSR count). The second-order valence-electron chi connectivity index (χ2n) is 3.71. The Kier molecular flexibility index (Phi) is 10.3. The highest BCUT2D eigenvalue weighted by Crippen LogP contribution is 1.97. The van der Waals surface area contributed by atoms with Gasteiger partial charge in [0.1, 0.15) is 6.61 Å². The van der Waals surface area contributed by atoms with E-state index in [4.69, 9.17) is 4.74 Å². The molecule has 0 saturated heterocycles. The molecule has 0 aromatic heterocycles. The average Bonchev–Trinajstić information content (AvgIpc) is 2.33. The molecule has 0 saturated carbocycles. The zero-order valence-corrected chi connectivity index (χ0v) is 10.9. The number of carbonyl (C=O) groups is 1. The van der Waals surface area contributed by atoms with Gasteiger partial charge in [0.05, 0.1) is 0 Å². The Bertz CT molecular complexity index is 280. The van der Waals surface area contributed by atoms with E-state index in [2.05, 4.69) is 18.8 Å². The first-order valence-corrected chi connectivity index (χ1v) is 6.06. The van der Waals surface area contributed by atoms with Crippen LogP contribution >= 0.6 is 0 Å². The Balaban J connectivity index is 3.67. The number of unbranched alkanes of at least 4 members (excludes halogenated alkanes) is 1. The van der Waals surface area contributed by atoms with Crippen molar-refractivity contribution in [3.8, 4) is 0 Å². The molecule has 0 atom stereocenters. The smallest absolute Gasteiger partial charge is 0.333 e. The SMILES string of the molecule is C=CC=CC=C(C)C(=O)OCCNCCCC. The molecule has 0 aromatic rings. The molecule has 0 aromatic carbocycles. The van der Waals surface area contributed by atoms with Crippen LogP contribution in [-0.2, 0) is 9.53 Å². The standard InChI is InChI=1S/C14H23NO2/c1-4-6-8-9-13(3)14(16)17-12-11-15-10-7-5-2/h4,6,8-9,15H,1,5,7,10-12H2,2-3H3. The number of nitrogens with one attached hydrogen (secondary N) is 1. The van der Waals surface area contributed by atoms with Crippen molar-refractivity contribution in [2.24, 2.45) is 0 Å². The lowest BCUT2D eigenvalue weighted by atomic mass is 10.3. The van der Waals surface area contributed by atoms with Gasteiger partial charge in [-0.25, -0.2) is 4.79 Å². The topological polar surface area (TPSA) is 38.3 Å². The van der Waals surface area contributed by atoms with Gasteiger partial charge in [0, 0.05) is 12.1 Å². The summed E-state index contributed by atoms with van der Waals surface area (Å²) >= 11 is 0. The van der Waals surface area contributed by atoms with Gasteiger partial charge in [-0.2, -0.15) is 0 Å². The molecular weight excluding hydrogens is 214 g/mol. The van der Waals surface area contributed by atoms with Gasteiger partial charge in [-0.05, 0) is 19.9 Å². The zero-order valence-electron chi connectivity index (χ0n) is 10.9. The van der Waals surface area contributed by atoms with Gasteiger partial charge in [0.2, 0.25) is 0 Å². The van der Waals surface area contributed by atoms with Crippen LogP contribution in [-0.4, -0.2) is 25.7 Å². The predicted octanol–water partition coefficient (Wildman–Crippen LogP) is 2.61. The highest BCUT2D eigenvalue weighted by atomic mass is 16.5. The van der Waals surface area contributed by atoms with Crippen LogP contribution in [0.1, 0.15) is 26.7 Å². The molecule has 1 N–H and O–H groups in total. The number of ether oxygens (including phenoxy) is 1. The zero-order chi connectivity index (χ0) is 12.9. The Morgan fingerprint density at radius 3 is 2.76 bits per heavy atom. The van der Waals surface area contributed by atoms with Gasteiger partial charge in [-0.1, -0.05) is 44.2 Å². The molecule has 3 nitrogen and oxygen atoms in total. The van der Waals surface area contributed by atoms with Crippen LogP contribution in [0.15, 0.2) is 36.5 Å². The summed E-state index contributed by atoms with van der Waals surface area (Å²) in [5.74, 6) is -0.268. The van der Waals surface area contributed by atoms with Crippen LogP contribution in [0, 0.1) is 0 Å². The largest absolute Gasteiger partial charge is 0.461 e. The first-order chi connectivity index (χ1) is 8.22. The molecule has 96 valence electrons. The van der Waals surface area contributed by atoms with E-state index in [0.717, 1.165) is 13.0 Å². The number of carbonyl (C=O) groups excluding carboxylic acids is 1. The first-order valence-electron chi connectivity index (χ1n) is 6.06. The maximum absolute atomic E-state index is 11.4. The maximum atomic E-state index is 11.4. The van der Waals surface area contributed by atoms with Crippen LogP contribution in [0.3, 0.4) is 0 Å². The average molecular weight is 237 g/mol. The van der Waals surface area contributed by atoms with Gasteiger partial charge >= 0.3 is 5.97 Å². The minimum Gasteiger partial charge on any atom is -0.461 e. The van der Waals surface area contributed by atoms with Crippen LogP contribution in [0.5, 0.6) is 0 Å². The van der Waals surface area contributed by atoms with E-state index < -0.39 is 0 Å². The number of rotatable bonds is 9. The number of hydrogen-bond acceptors (Lipinski definition) is 3. The maximum Gasteiger partial charge on any atom is 0.333 e. The fourth-order valence-corrected chi connectivity index (χ4v) is 1.10. The molecule has 0 aliphatic carbocycles. The van der Waals surface area contributed by atoms with Crippen molar-refractivity contribution in [1.82, 2.24) is 5.32 Å². The Hall–Kier alpha value is -1.35. The molecule has 0 radical (unpaired) electrons. The van der Waals surface area contributed by atoms with Crippen molar-refractivity contribution in [3.05, 3.63) is 36.5 Å². The van der Waals surface area contributed by atoms with Crippen molar-refractivity contribution < 1.29 is 9.53 Å². The highest BCUT2D eigenvalue weighted by Gasteiger charge is 2.03. The van der Waals surface area contributed by atoms with Gasteiger partial charge in [0.15, 0.2) is 0 Å². The Morgan fingerprint density at radius 2 is 2.12 bits per heavy atom. The van der Waals surface area contributed by atoms with Crippen molar-refractivity contribution in [1.29, 1.82) is 0 Å². The molecule has 0 aliphatic heterocycles. The summed E-state index contributed by atoms with van der Waals surface area (Å²) in [6, 6.07) is 0. The minimum atomic E-state index is -0.268. The summed E-state index contributed by atoms with van der Waals surface area (Å²) in [6.07, 6.45) is 9.23. The summed E-state index contributed by atoms with van der Waals surface area (Å²) < 4.78 is 5.09. The molecule has 0 fully saturated rings. The van der Waals surface area contributed by atoms with Gasteiger partial charge in [-0.3, -0.25) is 0 Å². The second-order valence-corrected chi connectivity index (χ2v) is 3.71. The molecule has 0 heterocycles. The number of hydrogen-bond donors (Lipinski definition) is 1. The summed E-state index contributed by atoms with van der Waals surface area (Å²) in [7, 11) is 0. The lowest BCUT2D eigenvalue weighted by molar-refractivity contribution is -0.138. The van der Waals surface area contributed by atoms with Crippen molar-refractivity contribution in [2.45, 2.75) is 26.7 Å². The van der Waals surface area contributed by atoms with Gasteiger partial charge in [0.25, 0.3) is 0 Å². The molecular formula is C14H23NO2. The molecule has 0 bridgehead atoms. The fourth-order valence-electron chi connectivity index (χ4n) is 1.10. The third-order valence-corrected chi connectivity index (χ3v) is 2.13. The highest BCUT2D eigenvalue weighted by molar-refractivity contribution is 5.88. The number of allylic oxidation sites excluding steroid dienone is 4. The van der Waals surface area contributed by atoms with Crippen molar-refractivity contribution in [2.75, 3.05) is 19.7 Å². The van der Waals surface area contributed by atoms with Crippen LogP contribution in [0.4, 0.5) is 0 Å². The first kappa shape index (κ1) is 15.7. The Labute approximate surface area is 104 Å². The molecule has 17 heavy (non-hydrogen) atoms. The lowest BCUT2D eigenvalue weighted by Gasteiger charge is -2.05. The molecule has 3 heteroatoms. The van der Waals surface area contributed by atoms with Crippen molar-refractivity contribution in [3.63, 3.8) is 0 Å². The second kappa shape index (κ2) is 11.1. The summed E-state index contributed by atoms with van der Waals surface area (Å²) in [5.41, 5.74) is 0.594. The lowest BCUT2D eigenvalue weighted by Crippen LogP contribution is -2.22. The van der Waals surface area contributed by atoms with Gasteiger partial charge in [-0.15, -0.1) is 0 Å². The normalized spacial score (nSPS) is 11.8. The number of esters is 1. The monoisotopic (exact) mass is 237 g/mol. The minimum absolute atomic E-state index is 0.268. The van der Waals surface area contributed by atoms with E-state index in [1.807, 2.05) is 0 Å². The van der Waals surface area contributed by atoms with Crippen LogP contribution in [0.2, 0.25) is 0 Å². The van der Waals surface area contributed by atoms with Gasteiger partial charge < -0.3 is 10.1 Å². The van der Waals surface area contributed by atoms with Crippen LogP contribution in [0.25, 0.3) is 0 Å². The fraction of sp³-hybridized carbons (Fsp3) is 0.500. The van der Waals surface area contributed by atoms with E-state index in [1.54, 1.807) is 31.2 Å². The molecule has 0 spiro atoms. The third-order valence-electron chi connectivity index (χ3n) is 2.13. The summed E-state index contributed by atoms with van der Waals surface area (Å²) in [6.45, 7) is 9.53. The van der Waals surface area contributed by atoms with E-state index in [-0.39, 0.29) is 5.97 Å². The molecule has 0 unspecified atom stereocenters. The summed E-state index contributed by atoms with van der Waals surface area (Å²) in [5, 5.41) is 3.21. The van der Waals surface area contributed by atoms with E-state index in [0.29, 0.717) is 18.7 Å². The molecule has 0 aliphatic rings. The van der Waals surface area contributed by atoms with E-state index in [9.17, 15) is 4.79 Å². The third kappa shape index (κ3) is 9.57. The van der Waals surface area contributed by atoms with Crippen molar-refractivity contribution >= 4 is 5.97 Å². The molecule has 0 amide bonds. The summed E-state index contributed by atoms with van der Waals surface area (Å²) in [4.78, 5) is 11.4. The van der Waals surface area contributed by atoms with Crippen LogP contribution < -0.4 is 5.32 Å². The predicted molar refractivity (Wildman–Crippen MR) is 71.8 cm³/mol. The quantitative estimate of drug-likeness (QED) is 0.290. The van der Waals surface area contributed by atoms with E-state index >= 15 is 0 Å². The van der Waals surface area contributed by atoms with E-state index in [1.165, 1.54) is 6.42 Å². The Morgan fingerprint density at radius 1 is 1.35 bits per heavy atom.